The van der Waals surface area contributed by atoms with E-state index in [1.54, 1.807) is 6.07 Å². The van der Waals surface area contributed by atoms with Gasteiger partial charge in [-0.2, -0.15) is 0 Å². The average molecular weight is 311 g/mol. The maximum absolute atomic E-state index is 13.1. The van der Waals surface area contributed by atoms with Crippen molar-refractivity contribution in [3.05, 3.63) is 30.1 Å². The van der Waals surface area contributed by atoms with E-state index in [2.05, 4.69) is 5.32 Å². The van der Waals surface area contributed by atoms with Gasteiger partial charge in [-0.3, -0.25) is 9.59 Å². The second-order valence-corrected chi connectivity index (χ2v) is 5.36. The molecule has 1 aliphatic heterocycles. The third-order valence-electron chi connectivity index (χ3n) is 3.46. The van der Waals surface area contributed by atoms with Crippen LogP contribution >= 0.6 is 0 Å². The number of benzene rings is 1. The van der Waals surface area contributed by atoms with Crippen molar-refractivity contribution >= 4 is 11.9 Å². The monoisotopic (exact) mass is 311 g/mol. The Hall–Kier alpha value is -2.15. The predicted octanol–water partition coefficient (Wildman–Crippen LogP) is 1.34. The number of hydrogen-bond donors (Lipinski definition) is 2. The van der Waals surface area contributed by atoms with Crippen molar-refractivity contribution in [2.45, 2.75) is 31.4 Å². The molecule has 1 amide bonds. The van der Waals surface area contributed by atoms with Crippen LogP contribution in [0.4, 0.5) is 4.39 Å². The van der Waals surface area contributed by atoms with Crippen LogP contribution in [0.2, 0.25) is 0 Å². The van der Waals surface area contributed by atoms with E-state index in [4.69, 9.17) is 14.6 Å². The number of nitrogens with one attached hydrogen (secondary N) is 1. The fourth-order valence-electron chi connectivity index (χ4n) is 2.34. The molecule has 1 aromatic rings. The van der Waals surface area contributed by atoms with Crippen LogP contribution in [0.3, 0.4) is 0 Å². The van der Waals surface area contributed by atoms with Gasteiger partial charge in [-0.15, -0.1) is 0 Å². The second kappa shape index (κ2) is 6.74. The van der Waals surface area contributed by atoms with Gasteiger partial charge in [-0.1, -0.05) is 6.07 Å². The van der Waals surface area contributed by atoms with Crippen LogP contribution in [-0.4, -0.2) is 41.8 Å². The molecule has 0 aromatic heterocycles. The molecule has 120 valence electrons. The largest absolute Gasteiger partial charge is 0.481 e. The lowest BCUT2D eigenvalue weighted by atomic mass is 9.94. The van der Waals surface area contributed by atoms with Crippen LogP contribution in [-0.2, 0) is 14.3 Å². The number of carboxylic acid groups (broad SMARTS) is 1. The van der Waals surface area contributed by atoms with Gasteiger partial charge in [0, 0.05) is 12.7 Å². The van der Waals surface area contributed by atoms with Gasteiger partial charge < -0.3 is 19.9 Å². The summed E-state index contributed by atoms with van der Waals surface area (Å²) in [4.78, 5) is 23.2. The molecular weight excluding hydrogens is 293 g/mol. The van der Waals surface area contributed by atoms with E-state index in [0.717, 1.165) is 0 Å². The molecule has 2 N–H and O–H groups in total. The maximum atomic E-state index is 13.1. The molecule has 22 heavy (non-hydrogen) atoms. The Labute approximate surface area is 127 Å². The molecule has 0 bridgehead atoms. The predicted molar refractivity (Wildman–Crippen MR) is 75.1 cm³/mol. The molecule has 6 nitrogen and oxygen atoms in total. The first-order valence-corrected chi connectivity index (χ1v) is 6.94. The smallest absolute Gasteiger partial charge is 0.305 e. The van der Waals surface area contributed by atoms with Gasteiger partial charge >= 0.3 is 5.97 Å². The number of halogens is 1. The van der Waals surface area contributed by atoms with Crippen LogP contribution in [0.25, 0.3) is 0 Å². The van der Waals surface area contributed by atoms with Crippen LogP contribution in [0.1, 0.15) is 19.8 Å². The van der Waals surface area contributed by atoms with Crippen molar-refractivity contribution < 1.29 is 28.6 Å². The first-order chi connectivity index (χ1) is 10.4. The Kier molecular flexibility index (Phi) is 4.97. The molecule has 1 aliphatic rings. The highest BCUT2D eigenvalue weighted by atomic mass is 19.1. The molecule has 0 spiro atoms. The summed E-state index contributed by atoms with van der Waals surface area (Å²) >= 11 is 0. The number of aliphatic carboxylic acids is 1. The van der Waals surface area contributed by atoms with E-state index in [-0.39, 0.29) is 18.8 Å². The second-order valence-electron chi connectivity index (χ2n) is 5.36. The van der Waals surface area contributed by atoms with Crippen LogP contribution in [0, 0.1) is 5.82 Å². The highest BCUT2D eigenvalue weighted by molar-refractivity contribution is 5.82. The Morgan fingerprint density at radius 3 is 2.91 bits per heavy atom. The van der Waals surface area contributed by atoms with Crippen molar-refractivity contribution in [1.29, 1.82) is 0 Å². The summed E-state index contributed by atoms with van der Waals surface area (Å²) in [5.41, 5.74) is -0.914. The zero-order valence-corrected chi connectivity index (χ0v) is 12.2. The molecular formula is C15H18FNO5. The third-order valence-corrected chi connectivity index (χ3v) is 3.46. The maximum Gasteiger partial charge on any atom is 0.305 e. The summed E-state index contributed by atoms with van der Waals surface area (Å²) in [6, 6.07) is 5.47. The molecule has 0 radical (unpaired) electrons. The van der Waals surface area contributed by atoms with Crippen molar-refractivity contribution in [1.82, 2.24) is 5.32 Å². The summed E-state index contributed by atoms with van der Waals surface area (Å²) in [5.74, 6) is -1.70. The lowest BCUT2D eigenvalue weighted by Crippen LogP contribution is -2.53. The lowest BCUT2D eigenvalue weighted by Gasteiger charge is -2.28. The highest BCUT2D eigenvalue weighted by Crippen LogP contribution is 2.23. The van der Waals surface area contributed by atoms with Crippen LogP contribution in [0.15, 0.2) is 24.3 Å². The van der Waals surface area contributed by atoms with Crippen LogP contribution in [0.5, 0.6) is 5.75 Å². The van der Waals surface area contributed by atoms with Crippen molar-refractivity contribution in [3.8, 4) is 5.75 Å². The molecule has 0 saturated carbocycles. The summed E-state index contributed by atoms with van der Waals surface area (Å²) in [6.07, 6.45) is -0.670. The fraction of sp³-hybridized carbons (Fsp3) is 0.467. The lowest BCUT2D eigenvalue weighted by molar-refractivity contribution is -0.139. The molecule has 1 fully saturated rings. The SMILES string of the molecule is CC(Oc1cccc(F)c1)C(=O)NC1(CC(=O)O)CCOC1. The summed E-state index contributed by atoms with van der Waals surface area (Å²) in [6.45, 7) is 2.06. The van der Waals surface area contributed by atoms with E-state index >= 15 is 0 Å². The summed E-state index contributed by atoms with van der Waals surface area (Å²) in [7, 11) is 0. The Morgan fingerprint density at radius 1 is 1.55 bits per heavy atom. The number of amides is 1. The molecule has 7 heteroatoms. The van der Waals surface area contributed by atoms with Gasteiger partial charge in [-0.25, -0.2) is 4.39 Å². The minimum absolute atomic E-state index is 0.151. The molecule has 2 unspecified atom stereocenters. The zero-order valence-electron chi connectivity index (χ0n) is 12.2. The first kappa shape index (κ1) is 16.2. The topological polar surface area (TPSA) is 84.9 Å². The van der Waals surface area contributed by atoms with Crippen molar-refractivity contribution in [2.75, 3.05) is 13.2 Å². The number of hydrogen-bond acceptors (Lipinski definition) is 4. The molecule has 1 saturated heterocycles. The zero-order chi connectivity index (χ0) is 16.2. The third kappa shape index (κ3) is 4.17. The minimum atomic E-state index is -1.01. The molecule has 2 rings (SSSR count). The van der Waals surface area contributed by atoms with Crippen molar-refractivity contribution in [2.24, 2.45) is 0 Å². The van der Waals surface area contributed by atoms with Gasteiger partial charge in [0.15, 0.2) is 6.10 Å². The highest BCUT2D eigenvalue weighted by Gasteiger charge is 2.39. The molecule has 0 aliphatic carbocycles. The number of rotatable bonds is 6. The van der Waals surface area contributed by atoms with Gasteiger partial charge in [0.05, 0.1) is 18.6 Å². The van der Waals surface area contributed by atoms with E-state index in [9.17, 15) is 14.0 Å². The average Bonchev–Trinajstić information content (AvgIpc) is 2.85. The molecule has 1 aromatic carbocycles. The van der Waals surface area contributed by atoms with Gasteiger partial charge in [0.1, 0.15) is 11.6 Å². The van der Waals surface area contributed by atoms with Crippen molar-refractivity contribution in [3.63, 3.8) is 0 Å². The van der Waals surface area contributed by atoms with E-state index < -0.39 is 29.3 Å². The van der Waals surface area contributed by atoms with Crippen LogP contribution < -0.4 is 10.1 Å². The number of carboxylic acids is 1. The normalized spacial score (nSPS) is 22.1. The number of ether oxygens (including phenoxy) is 2. The molecule has 2 atom stereocenters. The number of carbonyl (C=O) groups excluding carboxylic acids is 1. The van der Waals surface area contributed by atoms with Gasteiger partial charge in [0.2, 0.25) is 0 Å². The summed E-state index contributed by atoms with van der Waals surface area (Å²) in [5, 5.41) is 11.7. The number of carbonyl (C=O) groups is 2. The Morgan fingerprint density at radius 2 is 2.32 bits per heavy atom. The van der Waals surface area contributed by atoms with E-state index in [1.807, 2.05) is 0 Å². The first-order valence-electron chi connectivity index (χ1n) is 6.94. The summed E-state index contributed by atoms with van der Waals surface area (Å²) < 4.78 is 23.7. The van der Waals surface area contributed by atoms with Gasteiger partial charge in [0.25, 0.3) is 5.91 Å². The standard InChI is InChI=1S/C15H18FNO5/c1-10(22-12-4-2-3-11(16)7-12)14(20)17-15(8-13(18)19)5-6-21-9-15/h2-4,7,10H,5-6,8-9H2,1H3,(H,17,20)(H,18,19). The molecule has 1 heterocycles. The van der Waals surface area contributed by atoms with Gasteiger partial charge in [-0.05, 0) is 25.5 Å². The fourth-order valence-corrected chi connectivity index (χ4v) is 2.34. The van der Waals surface area contributed by atoms with E-state index in [0.29, 0.717) is 13.0 Å². The minimum Gasteiger partial charge on any atom is -0.481 e. The Balaban J connectivity index is 1.99. The quantitative estimate of drug-likeness (QED) is 0.828. The van der Waals surface area contributed by atoms with E-state index in [1.165, 1.54) is 25.1 Å². The Bertz CT molecular complexity index is 557.